The van der Waals surface area contributed by atoms with Crippen molar-refractivity contribution in [2.45, 2.75) is 257 Å². The summed E-state index contributed by atoms with van der Waals surface area (Å²) in [6.07, 6.45) is 61.9. The molecular weight excluding hydrogens is 1100 g/mol. The summed E-state index contributed by atoms with van der Waals surface area (Å²) in [5, 5.41) is 20.5. The Labute approximate surface area is 501 Å². The van der Waals surface area contributed by atoms with Crippen LogP contribution in [-0.4, -0.2) is 95.9 Å². The number of aliphatic hydroxyl groups is 2. The quantitative estimate of drug-likeness (QED) is 0.0146. The summed E-state index contributed by atoms with van der Waals surface area (Å²) in [6.45, 7) is 2.41. The van der Waals surface area contributed by atoms with E-state index in [1.807, 2.05) is 12.2 Å². The molecular formula is C65H112O16P2. The second kappa shape index (κ2) is 58.8. The Kier molecular flexibility index (Phi) is 56.3. The highest BCUT2D eigenvalue weighted by atomic mass is 31.2. The first-order valence-corrected chi connectivity index (χ1v) is 34.5. The molecule has 0 heterocycles. The third kappa shape index (κ3) is 60.0. The highest BCUT2D eigenvalue weighted by molar-refractivity contribution is 7.47. The van der Waals surface area contributed by atoms with Gasteiger partial charge in [-0.2, -0.15) is 0 Å². The largest absolute Gasteiger partial charge is 0.472 e. The zero-order valence-corrected chi connectivity index (χ0v) is 53.1. The number of hydrogen-bond donors (Lipinski definition) is 4. The Balaban J connectivity index is 4.76. The fourth-order valence-corrected chi connectivity index (χ4v) is 9.51. The van der Waals surface area contributed by atoms with E-state index in [2.05, 4.69) is 106 Å². The van der Waals surface area contributed by atoms with Gasteiger partial charge in [0.2, 0.25) is 0 Å². The number of esters is 3. The molecule has 18 heteroatoms. The first kappa shape index (κ1) is 79.5. The predicted octanol–water partition coefficient (Wildman–Crippen LogP) is 16.7. The van der Waals surface area contributed by atoms with Crippen molar-refractivity contribution in [2.75, 3.05) is 39.6 Å². The molecule has 0 bridgehead atoms. The van der Waals surface area contributed by atoms with Gasteiger partial charge in [0.05, 0.1) is 26.4 Å². The molecule has 0 aromatic rings. The van der Waals surface area contributed by atoms with Gasteiger partial charge in [0.25, 0.3) is 0 Å². The molecule has 0 radical (unpaired) electrons. The SMILES string of the molecule is CC/C=C\C/C=C\C/C=C\C/C=C\C/C=C\CCCC(=O)OCC(O)COP(=O)(O)OCC(O)COP(=O)(O)OCC(COC(=O)CCCCCCC/C=C\C/C=C\CCCCC)OC(=O)CCCCCCC/C=C\CCCCCCCC. The van der Waals surface area contributed by atoms with E-state index >= 15 is 0 Å². The lowest BCUT2D eigenvalue weighted by atomic mass is 10.1. The fraction of sp³-hybridized carbons (Fsp3) is 0.708. The van der Waals surface area contributed by atoms with E-state index in [-0.39, 0.29) is 19.3 Å². The standard InChI is InChI=1S/C65H112O16P2/c1-4-7-10-13-16-19-22-25-28-29-32-34-36-39-42-45-48-51-63(68)75-54-60(66)55-77-82(71,72)78-56-61(67)57-79-83(73,74)80-59-62(81-65(70)53-50-47-44-41-38-35-31-27-24-21-18-15-12-9-6-3)58-76-64(69)52-49-46-43-40-37-33-30-26-23-20-17-14-11-8-5-2/h7,10,16-17,19-20,25-28,30-32,34,39,42,60-62,66-67H,4-6,8-9,11-15,18,21-24,29,33,35-38,40-41,43-59H2,1-3H3,(H,71,72)(H,73,74)/b10-7-,19-16-,20-17-,28-25-,30-26-,31-27-,34-32-,42-39-. The third-order valence-electron chi connectivity index (χ3n) is 12.8. The molecule has 5 unspecified atom stereocenters. The number of allylic oxidation sites excluding steroid dienone is 16. The molecule has 16 nitrogen and oxygen atoms in total. The van der Waals surface area contributed by atoms with Crippen molar-refractivity contribution in [2.24, 2.45) is 0 Å². The highest BCUT2D eigenvalue weighted by Gasteiger charge is 2.29. The topological polar surface area (TPSA) is 231 Å². The monoisotopic (exact) mass is 1210 g/mol. The van der Waals surface area contributed by atoms with Crippen molar-refractivity contribution >= 4 is 33.6 Å². The van der Waals surface area contributed by atoms with Crippen LogP contribution in [0, 0.1) is 0 Å². The van der Waals surface area contributed by atoms with Gasteiger partial charge in [-0.05, 0) is 116 Å². The minimum absolute atomic E-state index is 0.0896. The number of hydrogen-bond acceptors (Lipinski definition) is 14. The van der Waals surface area contributed by atoms with Gasteiger partial charge in [0, 0.05) is 19.3 Å². The zero-order chi connectivity index (χ0) is 61.0. The zero-order valence-electron chi connectivity index (χ0n) is 51.3. The smallest absolute Gasteiger partial charge is 0.463 e. The number of carbonyl (C=O) groups excluding carboxylic acids is 3. The lowest BCUT2D eigenvalue weighted by molar-refractivity contribution is -0.161. The van der Waals surface area contributed by atoms with Gasteiger partial charge >= 0.3 is 33.6 Å². The second-order valence-corrected chi connectivity index (χ2v) is 23.7. The molecule has 0 aromatic carbocycles. The van der Waals surface area contributed by atoms with Gasteiger partial charge in [-0.1, -0.05) is 201 Å². The second-order valence-electron chi connectivity index (χ2n) is 20.8. The Morgan fingerprint density at radius 1 is 0.349 bits per heavy atom. The Hall–Kier alpha value is -3.53. The molecule has 0 aromatic heterocycles. The summed E-state index contributed by atoms with van der Waals surface area (Å²) < 4.78 is 60.6. The van der Waals surface area contributed by atoms with E-state index in [1.165, 1.54) is 57.8 Å². The Morgan fingerprint density at radius 2 is 0.651 bits per heavy atom. The molecule has 0 amide bonds. The van der Waals surface area contributed by atoms with E-state index < -0.39 is 91.5 Å². The summed E-state index contributed by atoms with van der Waals surface area (Å²) in [5.74, 6) is -1.66. The molecule has 0 saturated carbocycles. The van der Waals surface area contributed by atoms with Crippen LogP contribution in [0.3, 0.4) is 0 Å². The lowest BCUT2D eigenvalue weighted by Crippen LogP contribution is -2.30. The fourth-order valence-electron chi connectivity index (χ4n) is 7.92. The van der Waals surface area contributed by atoms with Crippen LogP contribution in [0.5, 0.6) is 0 Å². The summed E-state index contributed by atoms with van der Waals surface area (Å²) in [7, 11) is -9.79. The van der Waals surface area contributed by atoms with Gasteiger partial charge in [-0.25, -0.2) is 9.13 Å². The van der Waals surface area contributed by atoms with E-state index in [0.29, 0.717) is 25.7 Å². The van der Waals surface area contributed by atoms with E-state index in [4.69, 9.17) is 32.3 Å². The predicted molar refractivity (Wildman–Crippen MR) is 334 cm³/mol. The summed E-state index contributed by atoms with van der Waals surface area (Å²) in [5.41, 5.74) is 0. The summed E-state index contributed by atoms with van der Waals surface area (Å²) in [4.78, 5) is 58.2. The van der Waals surface area contributed by atoms with E-state index in [0.717, 1.165) is 116 Å². The molecule has 0 rings (SSSR count). The van der Waals surface area contributed by atoms with Crippen molar-refractivity contribution < 1.29 is 75.8 Å². The van der Waals surface area contributed by atoms with Crippen LogP contribution in [0.2, 0.25) is 0 Å². The van der Waals surface area contributed by atoms with Crippen LogP contribution in [0.15, 0.2) is 97.2 Å². The summed E-state index contributed by atoms with van der Waals surface area (Å²) >= 11 is 0. The molecule has 0 aliphatic carbocycles. The molecule has 478 valence electrons. The third-order valence-corrected chi connectivity index (χ3v) is 14.7. The van der Waals surface area contributed by atoms with Crippen LogP contribution in [0.1, 0.15) is 239 Å². The first-order valence-electron chi connectivity index (χ1n) is 31.5. The summed E-state index contributed by atoms with van der Waals surface area (Å²) in [6, 6.07) is 0. The number of ether oxygens (including phenoxy) is 3. The van der Waals surface area contributed by atoms with Gasteiger partial charge in [-0.3, -0.25) is 32.5 Å². The molecule has 83 heavy (non-hydrogen) atoms. The van der Waals surface area contributed by atoms with Crippen molar-refractivity contribution in [3.05, 3.63) is 97.2 Å². The molecule has 0 aliphatic heterocycles. The molecule has 0 spiro atoms. The Morgan fingerprint density at radius 3 is 1.10 bits per heavy atom. The number of aliphatic hydroxyl groups excluding tert-OH is 2. The molecule has 0 saturated heterocycles. The van der Waals surface area contributed by atoms with Gasteiger partial charge in [-0.15, -0.1) is 0 Å². The van der Waals surface area contributed by atoms with Crippen molar-refractivity contribution in [3.8, 4) is 0 Å². The maximum absolute atomic E-state index is 12.9. The lowest BCUT2D eigenvalue weighted by Gasteiger charge is -2.21. The maximum Gasteiger partial charge on any atom is 0.472 e. The van der Waals surface area contributed by atoms with Crippen molar-refractivity contribution in [1.82, 2.24) is 0 Å². The van der Waals surface area contributed by atoms with Crippen molar-refractivity contribution in [3.63, 3.8) is 0 Å². The van der Waals surface area contributed by atoms with E-state index in [9.17, 15) is 43.5 Å². The van der Waals surface area contributed by atoms with Gasteiger partial charge in [0.1, 0.15) is 25.4 Å². The number of carbonyl (C=O) groups is 3. The minimum atomic E-state index is -4.93. The molecule has 4 N–H and O–H groups in total. The first-order chi connectivity index (χ1) is 40.2. The maximum atomic E-state index is 12.9. The molecule has 0 fully saturated rings. The van der Waals surface area contributed by atoms with Crippen molar-refractivity contribution in [1.29, 1.82) is 0 Å². The van der Waals surface area contributed by atoms with Crippen LogP contribution < -0.4 is 0 Å². The number of phosphoric ester groups is 2. The average Bonchev–Trinajstić information content (AvgIpc) is 3.47. The van der Waals surface area contributed by atoms with Crippen LogP contribution in [-0.2, 0) is 55.8 Å². The van der Waals surface area contributed by atoms with Crippen LogP contribution in [0.25, 0.3) is 0 Å². The van der Waals surface area contributed by atoms with Crippen LogP contribution in [0.4, 0.5) is 0 Å². The number of unbranched alkanes of at least 4 members (excludes halogenated alkanes) is 20. The van der Waals surface area contributed by atoms with Gasteiger partial charge < -0.3 is 34.2 Å². The Bertz CT molecular complexity index is 1910. The molecule has 0 aliphatic rings. The number of phosphoric acid groups is 2. The normalized spacial score (nSPS) is 15.0. The van der Waals surface area contributed by atoms with Gasteiger partial charge in [0.15, 0.2) is 6.10 Å². The van der Waals surface area contributed by atoms with Crippen LogP contribution >= 0.6 is 15.6 Å². The highest BCUT2D eigenvalue weighted by Crippen LogP contribution is 2.45. The van der Waals surface area contributed by atoms with E-state index in [1.54, 1.807) is 0 Å². The average molecular weight is 1210 g/mol. The minimum Gasteiger partial charge on any atom is -0.463 e. The molecule has 5 atom stereocenters. The number of rotatable bonds is 59.